The molecule has 0 radical (unpaired) electrons. The lowest BCUT2D eigenvalue weighted by Gasteiger charge is -2.31. The fourth-order valence-corrected chi connectivity index (χ4v) is 2.07. The molecule has 0 atom stereocenters. The van der Waals surface area contributed by atoms with E-state index in [-0.39, 0.29) is 0 Å². The summed E-state index contributed by atoms with van der Waals surface area (Å²) in [6, 6.07) is 0. The minimum atomic E-state index is 0.300. The lowest BCUT2D eigenvalue weighted by molar-refractivity contribution is 0.0769. The van der Waals surface area contributed by atoms with Gasteiger partial charge < -0.3 is 20.1 Å². The summed E-state index contributed by atoms with van der Waals surface area (Å²) in [7, 11) is 1.71. The number of ether oxygens (including phenoxy) is 2. The van der Waals surface area contributed by atoms with Gasteiger partial charge in [0.1, 0.15) is 0 Å². The zero-order valence-electron chi connectivity index (χ0n) is 10.8. The van der Waals surface area contributed by atoms with Crippen molar-refractivity contribution in [3.05, 3.63) is 0 Å². The molecule has 3 N–H and O–H groups in total. The molecule has 1 aliphatic rings. The molecule has 1 fully saturated rings. The number of nitrogens with two attached hydrogens (primary N) is 1. The van der Waals surface area contributed by atoms with Gasteiger partial charge >= 0.3 is 0 Å². The van der Waals surface area contributed by atoms with Crippen molar-refractivity contribution in [1.82, 2.24) is 4.90 Å². The maximum atomic E-state index is 7.41. The van der Waals surface area contributed by atoms with E-state index in [1.54, 1.807) is 7.11 Å². The van der Waals surface area contributed by atoms with Crippen LogP contribution in [0.25, 0.3) is 0 Å². The van der Waals surface area contributed by atoms with E-state index >= 15 is 0 Å². The van der Waals surface area contributed by atoms with Crippen LogP contribution in [0.15, 0.2) is 0 Å². The Hall–Kier alpha value is -0.650. The Morgan fingerprint density at radius 2 is 2.00 bits per heavy atom. The lowest BCUT2D eigenvalue weighted by atomic mass is 9.96. The first-order valence-corrected chi connectivity index (χ1v) is 6.37. The quantitative estimate of drug-likeness (QED) is 0.374. The standard InChI is InChI=1S/C12H25N3O2/c1-16-8-2-9-17-10-7-15-5-3-11(4-6-15)12(13)14/h11H,2-10H2,1H3,(H3,13,14). The van der Waals surface area contributed by atoms with Crippen LogP contribution in [-0.4, -0.2) is 57.3 Å². The van der Waals surface area contributed by atoms with E-state index in [1.165, 1.54) is 0 Å². The Morgan fingerprint density at radius 1 is 1.29 bits per heavy atom. The summed E-state index contributed by atoms with van der Waals surface area (Å²) < 4.78 is 10.5. The van der Waals surface area contributed by atoms with Gasteiger partial charge in [0.15, 0.2) is 0 Å². The average molecular weight is 243 g/mol. The fourth-order valence-electron chi connectivity index (χ4n) is 2.07. The zero-order chi connectivity index (χ0) is 12.5. The van der Waals surface area contributed by atoms with E-state index in [4.69, 9.17) is 20.6 Å². The highest BCUT2D eigenvalue weighted by Gasteiger charge is 2.20. The number of nitrogens with zero attached hydrogens (tertiary/aromatic N) is 1. The molecular formula is C12H25N3O2. The normalized spacial score (nSPS) is 18.4. The fraction of sp³-hybridized carbons (Fsp3) is 0.917. The van der Waals surface area contributed by atoms with Gasteiger partial charge in [-0.2, -0.15) is 0 Å². The van der Waals surface area contributed by atoms with Gasteiger partial charge in [-0.05, 0) is 32.4 Å². The van der Waals surface area contributed by atoms with Crippen molar-refractivity contribution in [1.29, 1.82) is 5.41 Å². The van der Waals surface area contributed by atoms with Crippen LogP contribution in [0.1, 0.15) is 19.3 Å². The SMILES string of the molecule is COCCCOCCN1CCC(C(=N)N)CC1. The second-order valence-corrected chi connectivity index (χ2v) is 4.53. The lowest BCUT2D eigenvalue weighted by Crippen LogP contribution is -2.39. The van der Waals surface area contributed by atoms with Gasteiger partial charge in [0, 0.05) is 32.8 Å². The van der Waals surface area contributed by atoms with Gasteiger partial charge in [-0.1, -0.05) is 0 Å². The Balaban J connectivity index is 1.97. The molecule has 0 bridgehead atoms. The van der Waals surface area contributed by atoms with Gasteiger partial charge in [-0.15, -0.1) is 0 Å². The molecule has 0 aliphatic carbocycles. The molecular weight excluding hydrogens is 218 g/mol. The number of piperidine rings is 1. The molecule has 1 rings (SSSR count). The molecule has 100 valence electrons. The van der Waals surface area contributed by atoms with Crippen molar-refractivity contribution >= 4 is 5.84 Å². The number of amidine groups is 1. The topological polar surface area (TPSA) is 71.6 Å². The van der Waals surface area contributed by atoms with Crippen LogP contribution in [0.3, 0.4) is 0 Å². The van der Waals surface area contributed by atoms with Crippen molar-refractivity contribution in [3.63, 3.8) is 0 Å². The van der Waals surface area contributed by atoms with Crippen molar-refractivity contribution in [2.24, 2.45) is 11.7 Å². The molecule has 1 saturated heterocycles. The van der Waals surface area contributed by atoms with Gasteiger partial charge in [0.05, 0.1) is 12.4 Å². The highest BCUT2D eigenvalue weighted by molar-refractivity contribution is 5.79. The maximum Gasteiger partial charge on any atom is 0.0937 e. The summed E-state index contributed by atoms with van der Waals surface area (Å²) in [5, 5.41) is 7.41. The number of rotatable bonds is 8. The highest BCUT2D eigenvalue weighted by atomic mass is 16.5. The first kappa shape index (κ1) is 14.4. The second-order valence-electron chi connectivity index (χ2n) is 4.53. The summed E-state index contributed by atoms with van der Waals surface area (Å²) in [6.07, 6.45) is 2.99. The highest BCUT2D eigenvalue weighted by Crippen LogP contribution is 2.16. The number of hydrogen-bond donors (Lipinski definition) is 2. The van der Waals surface area contributed by atoms with E-state index in [1.807, 2.05) is 0 Å². The largest absolute Gasteiger partial charge is 0.387 e. The second kappa shape index (κ2) is 8.44. The molecule has 0 aromatic heterocycles. The molecule has 5 heteroatoms. The van der Waals surface area contributed by atoms with Crippen LogP contribution < -0.4 is 5.73 Å². The first-order valence-electron chi connectivity index (χ1n) is 6.37. The Labute approximate surface area is 104 Å². The van der Waals surface area contributed by atoms with Gasteiger partial charge in [-0.3, -0.25) is 5.41 Å². The van der Waals surface area contributed by atoms with Crippen molar-refractivity contribution in [2.45, 2.75) is 19.3 Å². The molecule has 1 aliphatic heterocycles. The predicted octanol–water partition coefficient (Wildman–Crippen LogP) is 0.687. The summed E-state index contributed by atoms with van der Waals surface area (Å²) in [5.74, 6) is 0.648. The van der Waals surface area contributed by atoms with Gasteiger partial charge in [-0.25, -0.2) is 0 Å². The third-order valence-corrected chi connectivity index (χ3v) is 3.22. The molecule has 1 heterocycles. The molecule has 0 aromatic carbocycles. The molecule has 17 heavy (non-hydrogen) atoms. The summed E-state index contributed by atoms with van der Waals surface area (Å²) in [6.45, 7) is 5.38. The van der Waals surface area contributed by atoms with Crippen LogP contribution in [0.5, 0.6) is 0 Å². The van der Waals surface area contributed by atoms with Crippen LogP contribution >= 0.6 is 0 Å². The Morgan fingerprint density at radius 3 is 2.59 bits per heavy atom. The number of methoxy groups -OCH3 is 1. The molecule has 0 unspecified atom stereocenters. The predicted molar refractivity (Wildman–Crippen MR) is 68.4 cm³/mol. The average Bonchev–Trinajstić information content (AvgIpc) is 2.34. The summed E-state index contributed by atoms with van der Waals surface area (Å²) in [5.41, 5.74) is 5.51. The minimum Gasteiger partial charge on any atom is -0.387 e. The molecule has 0 aromatic rings. The van der Waals surface area contributed by atoms with Crippen molar-refractivity contribution in [2.75, 3.05) is 46.6 Å². The van der Waals surface area contributed by atoms with E-state index in [9.17, 15) is 0 Å². The van der Waals surface area contributed by atoms with Crippen LogP contribution in [0, 0.1) is 11.3 Å². The third kappa shape index (κ3) is 6.00. The van der Waals surface area contributed by atoms with E-state index in [0.717, 1.165) is 58.7 Å². The van der Waals surface area contributed by atoms with Gasteiger partial charge in [0.25, 0.3) is 0 Å². The maximum absolute atomic E-state index is 7.41. The molecule has 0 spiro atoms. The minimum absolute atomic E-state index is 0.300. The van der Waals surface area contributed by atoms with E-state index < -0.39 is 0 Å². The molecule has 5 nitrogen and oxygen atoms in total. The Bertz CT molecular complexity index is 216. The molecule has 0 saturated carbocycles. The van der Waals surface area contributed by atoms with Gasteiger partial charge in [0.2, 0.25) is 0 Å². The summed E-state index contributed by atoms with van der Waals surface area (Å²) >= 11 is 0. The Kier molecular flexibility index (Phi) is 7.16. The van der Waals surface area contributed by atoms with E-state index in [2.05, 4.69) is 4.90 Å². The smallest absolute Gasteiger partial charge is 0.0937 e. The van der Waals surface area contributed by atoms with Crippen molar-refractivity contribution in [3.8, 4) is 0 Å². The third-order valence-electron chi connectivity index (χ3n) is 3.22. The molecule has 0 amide bonds. The first-order chi connectivity index (χ1) is 8.24. The number of likely N-dealkylation sites (tertiary alicyclic amines) is 1. The number of nitrogens with one attached hydrogen (secondary N) is 1. The number of hydrogen-bond acceptors (Lipinski definition) is 4. The monoisotopic (exact) mass is 243 g/mol. The zero-order valence-corrected chi connectivity index (χ0v) is 10.8. The summed E-state index contributed by atoms with van der Waals surface area (Å²) in [4.78, 5) is 2.38. The van der Waals surface area contributed by atoms with Crippen LogP contribution in [-0.2, 0) is 9.47 Å². The van der Waals surface area contributed by atoms with Crippen LogP contribution in [0.4, 0.5) is 0 Å². The van der Waals surface area contributed by atoms with Crippen LogP contribution in [0.2, 0.25) is 0 Å². The van der Waals surface area contributed by atoms with Crippen molar-refractivity contribution < 1.29 is 9.47 Å². The van der Waals surface area contributed by atoms with E-state index in [0.29, 0.717) is 11.8 Å².